The first-order chi connectivity index (χ1) is 26.7. The second kappa shape index (κ2) is 15.8. The number of rotatable bonds is 7. The van der Waals surface area contributed by atoms with Gasteiger partial charge in [-0.15, -0.1) is 0 Å². The summed E-state index contributed by atoms with van der Waals surface area (Å²) in [5.74, 6) is 0. The van der Waals surface area contributed by atoms with Crippen LogP contribution in [0.4, 0.5) is 0 Å². The van der Waals surface area contributed by atoms with E-state index < -0.39 is 0 Å². The van der Waals surface area contributed by atoms with Crippen LogP contribution in [0.1, 0.15) is 16.7 Å². The summed E-state index contributed by atoms with van der Waals surface area (Å²) in [6, 6.07) is 71.4. The molecule has 0 atom stereocenters. The summed E-state index contributed by atoms with van der Waals surface area (Å²) in [7, 11) is 0. The maximum absolute atomic E-state index is 4.37. The number of aliphatic imine (C=N–C) groups is 1. The summed E-state index contributed by atoms with van der Waals surface area (Å²) in [6.07, 6.45) is 2.97. The number of allylic oxidation sites excluding steroid dienone is 1. The summed E-state index contributed by atoms with van der Waals surface area (Å²) in [5, 5.41) is 7.53. The predicted molar refractivity (Wildman–Crippen MR) is 234 cm³/mol. The van der Waals surface area contributed by atoms with Crippen molar-refractivity contribution in [3.8, 4) is 33.4 Å². The first-order valence-electron chi connectivity index (χ1n) is 18.5. The molecule has 258 valence electrons. The zero-order chi connectivity index (χ0) is 36.7. The maximum atomic E-state index is 4.37. The number of benzene rings is 9. The van der Waals surface area contributed by atoms with Gasteiger partial charge in [0.25, 0.3) is 0 Å². The minimum atomic E-state index is 0.817. The Morgan fingerprint density at radius 1 is 0.426 bits per heavy atom. The second-order valence-electron chi connectivity index (χ2n) is 13.6. The Labute approximate surface area is 318 Å². The monoisotopic (exact) mass is 691 g/mol. The Hall–Kier alpha value is -6.83. The molecular formula is C53H41N. The van der Waals surface area contributed by atoms with E-state index in [1.807, 2.05) is 24.3 Å². The summed E-state index contributed by atoms with van der Waals surface area (Å²) < 4.78 is 0. The van der Waals surface area contributed by atoms with Gasteiger partial charge in [-0.3, -0.25) is 4.99 Å². The van der Waals surface area contributed by atoms with E-state index in [2.05, 4.69) is 201 Å². The fourth-order valence-corrected chi connectivity index (χ4v) is 7.46. The lowest BCUT2D eigenvalue weighted by Crippen LogP contribution is -1.91. The Morgan fingerprint density at radius 2 is 0.889 bits per heavy atom. The quantitative estimate of drug-likeness (QED) is 0.117. The molecule has 9 aromatic carbocycles. The van der Waals surface area contributed by atoms with Crippen LogP contribution < -0.4 is 0 Å². The van der Waals surface area contributed by atoms with Crippen molar-refractivity contribution in [3.05, 3.63) is 223 Å². The van der Waals surface area contributed by atoms with E-state index in [0.717, 1.165) is 17.7 Å². The molecule has 9 aromatic rings. The van der Waals surface area contributed by atoms with Crippen molar-refractivity contribution in [3.63, 3.8) is 0 Å². The van der Waals surface area contributed by atoms with Gasteiger partial charge in [-0.2, -0.15) is 0 Å². The van der Waals surface area contributed by atoms with Gasteiger partial charge in [-0.1, -0.05) is 200 Å². The molecule has 0 N–H and O–H groups in total. The molecule has 0 heterocycles. The molecule has 0 bridgehead atoms. The molecule has 0 radical (unpaired) electrons. The normalized spacial score (nSPS) is 11.3. The van der Waals surface area contributed by atoms with Crippen molar-refractivity contribution in [2.24, 2.45) is 4.99 Å². The average Bonchev–Trinajstić information content (AvgIpc) is 3.25. The molecule has 0 aromatic heterocycles. The molecule has 9 rings (SSSR count). The van der Waals surface area contributed by atoms with Gasteiger partial charge >= 0.3 is 0 Å². The van der Waals surface area contributed by atoms with E-state index in [0.29, 0.717) is 0 Å². The fraction of sp³-hybridized carbons (Fsp3) is 0.0377. The van der Waals surface area contributed by atoms with Crippen molar-refractivity contribution in [1.29, 1.82) is 0 Å². The smallest absolute Gasteiger partial charge is 0.0658 e. The van der Waals surface area contributed by atoms with E-state index in [1.54, 1.807) is 0 Å². The third-order valence-electron chi connectivity index (χ3n) is 10.2. The first-order valence-corrected chi connectivity index (χ1v) is 18.5. The zero-order valence-electron chi connectivity index (χ0n) is 30.5. The van der Waals surface area contributed by atoms with Gasteiger partial charge in [0.15, 0.2) is 0 Å². The third kappa shape index (κ3) is 7.13. The van der Waals surface area contributed by atoms with Gasteiger partial charge in [-0.25, -0.2) is 0 Å². The highest BCUT2D eigenvalue weighted by Gasteiger charge is 2.16. The van der Waals surface area contributed by atoms with Crippen LogP contribution in [0.2, 0.25) is 0 Å². The highest BCUT2D eigenvalue weighted by molar-refractivity contribution is 6.24. The Bertz CT molecular complexity index is 2730. The summed E-state index contributed by atoms with van der Waals surface area (Å²) >= 11 is 0. The van der Waals surface area contributed by atoms with Crippen LogP contribution in [0, 0.1) is 6.92 Å². The minimum absolute atomic E-state index is 0.817. The topological polar surface area (TPSA) is 12.4 Å². The lowest BCUT2D eigenvalue weighted by Gasteiger charge is -2.18. The molecule has 0 amide bonds. The van der Waals surface area contributed by atoms with Crippen LogP contribution in [-0.4, -0.2) is 6.72 Å². The van der Waals surface area contributed by atoms with E-state index >= 15 is 0 Å². The second-order valence-corrected chi connectivity index (χ2v) is 13.6. The van der Waals surface area contributed by atoms with Crippen molar-refractivity contribution < 1.29 is 0 Å². The lowest BCUT2D eigenvalue weighted by molar-refractivity contribution is 1.26. The van der Waals surface area contributed by atoms with Crippen LogP contribution in [0.5, 0.6) is 0 Å². The highest BCUT2D eigenvalue weighted by Crippen LogP contribution is 2.43. The van der Waals surface area contributed by atoms with Gasteiger partial charge in [0.05, 0.1) is 5.70 Å². The molecule has 1 heteroatoms. The number of fused-ring (bicyclic) bond motifs is 5. The highest BCUT2D eigenvalue weighted by atomic mass is 14.7. The van der Waals surface area contributed by atoms with E-state index in [4.69, 9.17) is 0 Å². The molecule has 0 aliphatic carbocycles. The average molecular weight is 692 g/mol. The number of nitrogens with zero attached hydrogens (tertiary/aromatic N) is 1. The Morgan fingerprint density at radius 3 is 1.46 bits per heavy atom. The van der Waals surface area contributed by atoms with Crippen molar-refractivity contribution >= 4 is 44.7 Å². The summed E-state index contributed by atoms with van der Waals surface area (Å²) in [4.78, 5) is 4.37. The van der Waals surface area contributed by atoms with Crippen LogP contribution in [0.3, 0.4) is 0 Å². The van der Waals surface area contributed by atoms with Crippen molar-refractivity contribution in [2.45, 2.75) is 13.3 Å². The van der Waals surface area contributed by atoms with Gasteiger partial charge in [0.1, 0.15) is 0 Å². The van der Waals surface area contributed by atoms with Gasteiger partial charge < -0.3 is 0 Å². The largest absolute Gasteiger partial charge is 0.264 e. The molecular weight excluding hydrogens is 651 g/mol. The number of aryl methyl sites for hydroxylation is 1. The minimum Gasteiger partial charge on any atom is -0.264 e. The lowest BCUT2D eigenvalue weighted by atomic mass is 9.86. The first kappa shape index (κ1) is 34.3. The summed E-state index contributed by atoms with van der Waals surface area (Å²) in [6.45, 7) is 5.95. The Balaban J connectivity index is 0.000000533. The van der Waals surface area contributed by atoms with Gasteiger partial charge in [-0.05, 0) is 109 Å². The molecule has 0 spiro atoms. The summed E-state index contributed by atoms with van der Waals surface area (Å²) in [5.41, 5.74) is 11.9. The fourth-order valence-electron chi connectivity index (χ4n) is 7.46. The Kier molecular flexibility index (Phi) is 10.0. The van der Waals surface area contributed by atoms with Gasteiger partial charge in [0.2, 0.25) is 0 Å². The number of hydrogen-bond donors (Lipinski definition) is 0. The molecule has 0 aliphatic rings. The molecule has 0 saturated heterocycles. The SMILES string of the molecule is C=N/C(=C\Cc1ccccc1)c1ccc(-c2cc3c4ccccc4c(-c4ccccc4-c4ccccc4)cc3c3ccccc23)cc1.Cc1ccccc1. The van der Waals surface area contributed by atoms with Crippen molar-refractivity contribution in [2.75, 3.05) is 0 Å². The van der Waals surface area contributed by atoms with Gasteiger partial charge in [0, 0.05) is 0 Å². The standard InChI is InChI=1S/C46H33N.C7H8/c1-47-46(29-24-32-14-4-2-5-15-32)35-27-25-34(26-28-35)42-30-44-41-23-13-12-22-40(41)43(31-45(44)39-21-11-10-20-38(39)42)37-19-9-8-18-36(37)33-16-6-3-7-17-33;1-7-5-3-2-4-6-7/h2-23,25-31H,1,24H2;2-6H,1H3/b46-29-;. The zero-order valence-corrected chi connectivity index (χ0v) is 30.5. The predicted octanol–water partition coefficient (Wildman–Crippen LogP) is 14.4. The van der Waals surface area contributed by atoms with E-state index in [-0.39, 0.29) is 0 Å². The van der Waals surface area contributed by atoms with Crippen LogP contribution in [-0.2, 0) is 6.42 Å². The number of hydrogen-bond acceptors (Lipinski definition) is 1. The van der Waals surface area contributed by atoms with E-state index in [9.17, 15) is 0 Å². The molecule has 0 fully saturated rings. The van der Waals surface area contributed by atoms with Crippen LogP contribution >= 0.6 is 0 Å². The molecule has 0 saturated carbocycles. The third-order valence-corrected chi connectivity index (χ3v) is 10.2. The van der Waals surface area contributed by atoms with E-state index in [1.165, 1.54) is 76.8 Å². The molecule has 1 nitrogen and oxygen atoms in total. The van der Waals surface area contributed by atoms with Crippen molar-refractivity contribution in [1.82, 2.24) is 0 Å². The molecule has 54 heavy (non-hydrogen) atoms. The van der Waals surface area contributed by atoms with Crippen LogP contribution in [0.25, 0.3) is 71.4 Å². The van der Waals surface area contributed by atoms with Crippen LogP contribution in [0.15, 0.2) is 211 Å². The molecule has 0 unspecified atom stereocenters. The maximum Gasteiger partial charge on any atom is 0.0658 e. The molecule has 0 aliphatic heterocycles.